The highest BCUT2D eigenvalue weighted by atomic mass is 19.1. The van der Waals surface area contributed by atoms with Gasteiger partial charge in [-0.15, -0.1) is 0 Å². The molecule has 3 atom stereocenters. The largest absolute Gasteiger partial charge is 0.329 e. The Hall–Kier alpha value is -1.00. The highest BCUT2D eigenvalue weighted by Crippen LogP contribution is 2.31. The first-order chi connectivity index (χ1) is 9.15. The van der Waals surface area contributed by atoms with E-state index in [1.807, 2.05) is 0 Å². The lowest BCUT2D eigenvalue weighted by molar-refractivity contribution is 0.0755. The van der Waals surface area contributed by atoms with Crippen molar-refractivity contribution < 1.29 is 4.39 Å². The Balaban J connectivity index is 2.09. The van der Waals surface area contributed by atoms with Gasteiger partial charge in [-0.2, -0.15) is 0 Å². The summed E-state index contributed by atoms with van der Waals surface area (Å²) in [7, 11) is 0. The molecule has 0 radical (unpaired) electrons. The van der Waals surface area contributed by atoms with E-state index < -0.39 is 0 Å². The zero-order valence-electron chi connectivity index (χ0n) is 11.8. The lowest BCUT2D eigenvalue weighted by Gasteiger charge is -2.42. The molecular formula is C15H24FN3. The van der Waals surface area contributed by atoms with Crippen LogP contribution in [-0.2, 0) is 0 Å². The van der Waals surface area contributed by atoms with Crippen LogP contribution in [0.15, 0.2) is 18.3 Å². The first-order valence-electron chi connectivity index (χ1n) is 7.23. The molecule has 2 rings (SSSR count). The van der Waals surface area contributed by atoms with Crippen molar-refractivity contribution >= 4 is 0 Å². The molecule has 0 amide bonds. The zero-order chi connectivity index (χ0) is 13.8. The molecule has 3 unspecified atom stereocenters. The van der Waals surface area contributed by atoms with Crippen LogP contribution in [0.4, 0.5) is 4.39 Å². The molecule has 2 N–H and O–H groups in total. The number of hydrogen-bond acceptors (Lipinski definition) is 3. The molecule has 0 aromatic carbocycles. The van der Waals surface area contributed by atoms with E-state index >= 15 is 0 Å². The average Bonchev–Trinajstić information content (AvgIpc) is 2.46. The van der Waals surface area contributed by atoms with Crippen molar-refractivity contribution in [2.75, 3.05) is 13.1 Å². The van der Waals surface area contributed by atoms with Gasteiger partial charge in [-0.05, 0) is 44.4 Å². The van der Waals surface area contributed by atoms with Crippen LogP contribution in [0, 0.1) is 11.7 Å². The van der Waals surface area contributed by atoms with Crippen LogP contribution in [0.1, 0.15) is 44.8 Å². The third-order valence-electron chi connectivity index (χ3n) is 4.40. The van der Waals surface area contributed by atoms with E-state index in [0.717, 1.165) is 18.2 Å². The van der Waals surface area contributed by atoms with E-state index in [9.17, 15) is 4.39 Å². The third kappa shape index (κ3) is 3.31. The van der Waals surface area contributed by atoms with Crippen molar-refractivity contribution in [3.8, 4) is 0 Å². The molecule has 1 aliphatic heterocycles. The Morgan fingerprint density at radius 3 is 2.89 bits per heavy atom. The van der Waals surface area contributed by atoms with Gasteiger partial charge in [0.25, 0.3) is 0 Å². The number of piperidine rings is 1. The summed E-state index contributed by atoms with van der Waals surface area (Å²) in [5.74, 6) is 0.509. The van der Waals surface area contributed by atoms with Gasteiger partial charge in [-0.1, -0.05) is 13.3 Å². The van der Waals surface area contributed by atoms with Crippen molar-refractivity contribution in [1.82, 2.24) is 9.88 Å². The van der Waals surface area contributed by atoms with E-state index in [1.165, 1.54) is 31.5 Å². The zero-order valence-corrected chi connectivity index (χ0v) is 11.8. The second-order valence-corrected chi connectivity index (χ2v) is 5.50. The summed E-state index contributed by atoms with van der Waals surface area (Å²) < 4.78 is 12.9. The van der Waals surface area contributed by atoms with Gasteiger partial charge < -0.3 is 5.73 Å². The summed E-state index contributed by atoms with van der Waals surface area (Å²) in [6.45, 7) is 6.12. The van der Waals surface area contributed by atoms with Crippen LogP contribution in [0.5, 0.6) is 0 Å². The molecule has 1 aliphatic rings. The van der Waals surface area contributed by atoms with Crippen molar-refractivity contribution in [2.24, 2.45) is 11.7 Å². The van der Waals surface area contributed by atoms with E-state index in [1.54, 1.807) is 6.07 Å². The molecule has 1 aromatic heterocycles. The standard InChI is InChI=1S/C15H24FN3/c1-3-12-6-7-19(14(8-12)9-17)11(2)15-5-4-13(16)10-18-15/h4-5,10-12,14H,3,6-9,17H2,1-2H3. The SMILES string of the molecule is CCC1CCN(C(C)c2ccc(F)cn2)C(CN)C1. The number of pyridine rings is 1. The fraction of sp³-hybridized carbons (Fsp3) is 0.667. The maximum absolute atomic E-state index is 12.9. The normalized spacial score (nSPS) is 26.3. The Bertz CT molecular complexity index is 393. The number of nitrogens with zero attached hydrogens (tertiary/aromatic N) is 2. The quantitative estimate of drug-likeness (QED) is 0.910. The number of rotatable bonds is 4. The van der Waals surface area contributed by atoms with E-state index in [4.69, 9.17) is 5.73 Å². The second kappa shape index (κ2) is 6.44. The van der Waals surface area contributed by atoms with Gasteiger partial charge in [-0.25, -0.2) is 4.39 Å². The van der Waals surface area contributed by atoms with Gasteiger partial charge in [0.05, 0.1) is 11.9 Å². The van der Waals surface area contributed by atoms with E-state index in [-0.39, 0.29) is 11.9 Å². The minimum absolute atomic E-state index is 0.201. The lowest BCUT2D eigenvalue weighted by atomic mass is 9.87. The molecule has 2 heterocycles. The van der Waals surface area contributed by atoms with E-state index in [0.29, 0.717) is 12.6 Å². The summed E-state index contributed by atoms with van der Waals surface area (Å²) >= 11 is 0. The number of hydrogen-bond donors (Lipinski definition) is 1. The minimum atomic E-state index is -0.281. The van der Waals surface area contributed by atoms with Gasteiger partial charge in [0.15, 0.2) is 0 Å². The Labute approximate surface area is 115 Å². The summed E-state index contributed by atoms with van der Waals surface area (Å²) in [6, 6.07) is 3.88. The molecule has 1 fully saturated rings. The van der Waals surface area contributed by atoms with Crippen LogP contribution < -0.4 is 5.73 Å². The van der Waals surface area contributed by atoms with Crippen molar-refractivity contribution in [1.29, 1.82) is 0 Å². The number of halogens is 1. The van der Waals surface area contributed by atoms with Crippen LogP contribution in [0.2, 0.25) is 0 Å². The molecular weight excluding hydrogens is 241 g/mol. The number of aromatic nitrogens is 1. The summed E-state index contributed by atoms with van der Waals surface area (Å²) in [5.41, 5.74) is 6.85. The molecule has 1 saturated heterocycles. The first-order valence-corrected chi connectivity index (χ1v) is 7.23. The van der Waals surface area contributed by atoms with Gasteiger partial charge in [0.2, 0.25) is 0 Å². The molecule has 0 saturated carbocycles. The molecule has 4 heteroatoms. The highest BCUT2D eigenvalue weighted by Gasteiger charge is 2.30. The highest BCUT2D eigenvalue weighted by molar-refractivity contribution is 5.10. The fourth-order valence-electron chi connectivity index (χ4n) is 3.07. The molecule has 1 aromatic rings. The van der Waals surface area contributed by atoms with E-state index in [2.05, 4.69) is 23.7 Å². The second-order valence-electron chi connectivity index (χ2n) is 5.50. The van der Waals surface area contributed by atoms with Gasteiger partial charge >= 0.3 is 0 Å². The lowest BCUT2D eigenvalue weighted by Crippen LogP contribution is -2.47. The predicted octanol–water partition coefficient (Wildman–Crippen LogP) is 2.73. The smallest absolute Gasteiger partial charge is 0.141 e. The summed E-state index contributed by atoms with van der Waals surface area (Å²) in [5, 5.41) is 0. The molecule has 3 nitrogen and oxygen atoms in total. The van der Waals surface area contributed by atoms with Gasteiger partial charge in [-0.3, -0.25) is 9.88 Å². The Morgan fingerprint density at radius 1 is 1.53 bits per heavy atom. The van der Waals surface area contributed by atoms with Gasteiger partial charge in [0, 0.05) is 18.6 Å². The topological polar surface area (TPSA) is 42.2 Å². The minimum Gasteiger partial charge on any atom is -0.329 e. The summed E-state index contributed by atoms with van der Waals surface area (Å²) in [4.78, 5) is 6.63. The number of nitrogens with two attached hydrogens (primary N) is 1. The number of likely N-dealkylation sites (tertiary alicyclic amines) is 1. The molecule has 0 spiro atoms. The molecule has 0 bridgehead atoms. The Morgan fingerprint density at radius 2 is 2.32 bits per heavy atom. The predicted molar refractivity (Wildman–Crippen MR) is 75.2 cm³/mol. The average molecular weight is 265 g/mol. The monoisotopic (exact) mass is 265 g/mol. The summed E-state index contributed by atoms with van der Waals surface area (Å²) in [6.07, 6.45) is 4.91. The first kappa shape index (κ1) is 14.4. The van der Waals surface area contributed by atoms with Crippen molar-refractivity contribution in [3.05, 3.63) is 29.8 Å². The fourth-order valence-corrected chi connectivity index (χ4v) is 3.07. The van der Waals surface area contributed by atoms with Crippen LogP contribution >= 0.6 is 0 Å². The van der Waals surface area contributed by atoms with Crippen molar-refractivity contribution in [2.45, 2.75) is 45.2 Å². The maximum Gasteiger partial charge on any atom is 0.141 e. The maximum atomic E-state index is 12.9. The van der Waals surface area contributed by atoms with Crippen LogP contribution in [0.25, 0.3) is 0 Å². The Kier molecular flexibility index (Phi) is 4.88. The van der Waals surface area contributed by atoms with Crippen LogP contribution in [-0.4, -0.2) is 29.0 Å². The molecule has 19 heavy (non-hydrogen) atoms. The van der Waals surface area contributed by atoms with Crippen LogP contribution in [0.3, 0.4) is 0 Å². The third-order valence-corrected chi connectivity index (χ3v) is 4.40. The molecule has 0 aliphatic carbocycles. The van der Waals surface area contributed by atoms with Crippen molar-refractivity contribution in [3.63, 3.8) is 0 Å². The molecule has 106 valence electrons. The van der Waals surface area contributed by atoms with Gasteiger partial charge in [0.1, 0.15) is 5.82 Å².